The molecule has 0 amide bonds. The maximum atomic E-state index is 11.7. The van der Waals surface area contributed by atoms with Gasteiger partial charge in [0.15, 0.2) is 0 Å². The number of fused-ring (bicyclic) bond motifs is 1. The molecular weight excluding hydrogens is 366 g/mol. The van der Waals surface area contributed by atoms with Crippen LogP contribution in [0.15, 0.2) is 54.7 Å². The van der Waals surface area contributed by atoms with E-state index in [1.54, 1.807) is 7.11 Å². The molecule has 0 saturated carbocycles. The predicted octanol–water partition coefficient (Wildman–Crippen LogP) is 3.53. The third-order valence-corrected chi connectivity index (χ3v) is 5.28. The Kier molecular flexibility index (Phi) is 5.42. The number of rotatable bonds is 6. The molecule has 1 aliphatic heterocycles. The second-order valence-corrected chi connectivity index (χ2v) is 7.13. The molecule has 148 valence electrons. The molecule has 29 heavy (non-hydrogen) atoms. The smallest absolute Gasteiger partial charge is 0.339 e. The molecule has 1 aromatic heterocycles. The Labute approximate surface area is 169 Å². The predicted molar refractivity (Wildman–Crippen MR) is 111 cm³/mol. The van der Waals surface area contributed by atoms with Gasteiger partial charge >= 0.3 is 5.97 Å². The Morgan fingerprint density at radius 1 is 1.14 bits per heavy atom. The topological polar surface area (TPSA) is 75.5 Å². The van der Waals surface area contributed by atoms with Crippen LogP contribution in [0.1, 0.15) is 32.7 Å². The number of carboxylic acid groups (broad SMARTS) is 1. The highest BCUT2D eigenvalue weighted by atomic mass is 16.5. The fraction of sp³-hybridized carbons (Fsp3) is 0.261. The highest BCUT2D eigenvalue weighted by Gasteiger charge is 2.21. The molecule has 0 saturated heterocycles. The molecule has 0 radical (unpaired) electrons. The fourth-order valence-corrected chi connectivity index (χ4v) is 3.69. The SMILES string of the molecule is COc1cccc(CCc2nc(N3CCc4ccccc4C3)ncc2C(=O)O)c1. The quantitative estimate of drug-likeness (QED) is 0.695. The zero-order valence-electron chi connectivity index (χ0n) is 16.3. The highest BCUT2D eigenvalue weighted by molar-refractivity contribution is 5.88. The molecule has 6 heteroatoms. The van der Waals surface area contributed by atoms with Gasteiger partial charge in [0.2, 0.25) is 5.95 Å². The summed E-state index contributed by atoms with van der Waals surface area (Å²) in [5, 5.41) is 9.56. The summed E-state index contributed by atoms with van der Waals surface area (Å²) < 4.78 is 5.27. The van der Waals surface area contributed by atoms with E-state index in [2.05, 4.69) is 33.1 Å². The number of aryl methyl sites for hydroxylation is 2. The van der Waals surface area contributed by atoms with Gasteiger partial charge in [0.1, 0.15) is 5.75 Å². The van der Waals surface area contributed by atoms with Crippen molar-refractivity contribution in [3.05, 3.63) is 82.7 Å². The molecule has 3 aromatic rings. The van der Waals surface area contributed by atoms with Crippen LogP contribution in [-0.4, -0.2) is 34.7 Å². The number of aromatic nitrogens is 2. The number of aromatic carboxylic acids is 1. The van der Waals surface area contributed by atoms with Gasteiger partial charge in [-0.1, -0.05) is 36.4 Å². The van der Waals surface area contributed by atoms with Gasteiger partial charge in [-0.05, 0) is 48.1 Å². The molecular formula is C23H23N3O3. The summed E-state index contributed by atoms with van der Waals surface area (Å²) in [4.78, 5) is 22.8. The monoisotopic (exact) mass is 389 g/mol. The Bertz CT molecular complexity index is 1040. The zero-order chi connectivity index (χ0) is 20.2. The summed E-state index contributed by atoms with van der Waals surface area (Å²) in [7, 11) is 1.63. The first-order chi connectivity index (χ1) is 14.1. The number of carboxylic acids is 1. The highest BCUT2D eigenvalue weighted by Crippen LogP contribution is 2.23. The number of hydrogen-bond acceptors (Lipinski definition) is 5. The van der Waals surface area contributed by atoms with E-state index in [0.29, 0.717) is 24.5 Å². The molecule has 0 fully saturated rings. The van der Waals surface area contributed by atoms with Crippen LogP contribution < -0.4 is 9.64 Å². The van der Waals surface area contributed by atoms with Crippen LogP contribution in [0.5, 0.6) is 5.75 Å². The van der Waals surface area contributed by atoms with Gasteiger partial charge in [0.25, 0.3) is 0 Å². The summed E-state index contributed by atoms with van der Waals surface area (Å²) in [6.07, 6.45) is 3.57. The van der Waals surface area contributed by atoms with E-state index < -0.39 is 5.97 Å². The second kappa shape index (κ2) is 8.31. The molecule has 1 aliphatic rings. The number of ether oxygens (including phenoxy) is 1. The molecule has 2 aromatic carbocycles. The van der Waals surface area contributed by atoms with E-state index in [0.717, 1.165) is 30.8 Å². The first-order valence-electron chi connectivity index (χ1n) is 9.68. The number of hydrogen-bond donors (Lipinski definition) is 1. The minimum atomic E-state index is -0.999. The summed E-state index contributed by atoms with van der Waals surface area (Å²) >= 11 is 0. The first-order valence-corrected chi connectivity index (χ1v) is 9.68. The molecule has 0 bridgehead atoms. The molecule has 0 aliphatic carbocycles. The van der Waals surface area contributed by atoms with E-state index in [1.165, 1.54) is 17.3 Å². The van der Waals surface area contributed by atoms with Crippen LogP contribution in [0, 0.1) is 0 Å². The standard InChI is InChI=1S/C23H23N3O3/c1-29-19-8-4-5-16(13-19)9-10-21-20(22(27)28)14-24-23(25-21)26-12-11-17-6-2-3-7-18(17)15-26/h2-8,13-14H,9-12,15H2,1H3,(H,27,28). The summed E-state index contributed by atoms with van der Waals surface area (Å²) in [5.74, 6) is 0.377. The van der Waals surface area contributed by atoms with Gasteiger partial charge in [-0.15, -0.1) is 0 Å². The van der Waals surface area contributed by atoms with Crippen molar-refractivity contribution in [2.75, 3.05) is 18.6 Å². The Morgan fingerprint density at radius 3 is 2.76 bits per heavy atom. The van der Waals surface area contributed by atoms with E-state index >= 15 is 0 Å². The first kappa shape index (κ1) is 18.9. The van der Waals surface area contributed by atoms with Crippen molar-refractivity contribution >= 4 is 11.9 Å². The number of carbonyl (C=O) groups is 1. The Morgan fingerprint density at radius 2 is 1.97 bits per heavy atom. The van der Waals surface area contributed by atoms with E-state index in [-0.39, 0.29) is 5.56 Å². The van der Waals surface area contributed by atoms with E-state index in [1.807, 2.05) is 30.3 Å². The maximum Gasteiger partial charge on any atom is 0.339 e. The molecule has 0 atom stereocenters. The molecule has 0 spiro atoms. The number of benzene rings is 2. The Balaban J connectivity index is 1.57. The van der Waals surface area contributed by atoms with Crippen molar-refractivity contribution in [1.29, 1.82) is 0 Å². The molecule has 6 nitrogen and oxygen atoms in total. The lowest BCUT2D eigenvalue weighted by Crippen LogP contribution is -2.32. The molecule has 4 rings (SSSR count). The van der Waals surface area contributed by atoms with E-state index in [9.17, 15) is 9.90 Å². The van der Waals surface area contributed by atoms with Gasteiger partial charge in [0.05, 0.1) is 18.4 Å². The minimum Gasteiger partial charge on any atom is -0.497 e. The van der Waals surface area contributed by atoms with Crippen LogP contribution in [0.2, 0.25) is 0 Å². The van der Waals surface area contributed by atoms with Crippen molar-refractivity contribution < 1.29 is 14.6 Å². The van der Waals surface area contributed by atoms with Crippen molar-refractivity contribution in [2.45, 2.75) is 25.8 Å². The van der Waals surface area contributed by atoms with Crippen LogP contribution in [0.4, 0.5) is 5.95 Å². The summed E-state index contributed by atoms with van der Waals surface area (Å²) in [6, 6.07) is 16.2. The van der Waals surface area contributed by atoms with Gasteiger partial charge in [-0.3, -0.25) is 0 Å². The lowest BCUT2D eigenvalue weighted by Gasteiger charge is -2.29. The average Bonchev–Trinajstić information content (AvgIpc) is 2.77. The third kappa shape index (κ3) is 4.21. The summed E-state index contributed by atoms with van der Waals surface area (Å²) in [5.41, 5.74) is 4.41. The number of methoxy groups -OCH3 is 1. The van der Waals surface area contributed by atoms with E-state index in [4.69, 9.17) is 4.74 Å². The molecule has 1 N–H and O–H groups in total. The van der Waals surface area contributed by atoms with Gasteiger partial charge in [-0.2, -0.15) is 0 Å². The van der Waals surface area contributed by atoms with Gasteiger partial charge < -0.3 is 14.7 Å². The second-order valence-electron chi connectivity index (χ2n) is 7.13. The minimum absolute atomic E-state index is 0.161. The lowest BCUT2D eigenvalue weighted by molar-refractivity contribution is 0.0694. The number of nitrogens with zero attached hydrogens (tertiary/aromatic N) is 3. The molecule has 0 unspecified atom stereocenters. The van der Waals surface area contributed by atoms with Crippen molar-refractivity contribution in [2.24, 2.45) is 0 Å². The van der Waals surface area contributed by atoms with Crippen LogP contribution in [-0.2, 0) is 25.8 Å². The zero-order valence-corrected chi connectivity index (χ0v) is 16.3. The van der Waals surface area contributed by atoms with Crippen LogP contribution in [0.25, 0.3) is 0 Å². The van der Waals surface area contributed by atoms with Crippen LogP contribution >= 0.6 is 0 Å². The Hall–Kier alpha value is -3.41. The van der Waals surface area contributed by atoms with Crippen molar-refractivity contribution in [1.82, 2.24) is 9.97 Å². The number of anilines is 1. The van der Waals surface area contributed by atoms with Crippen molar-refractivity contribution in [3.63, 3.8) is 0 Å². The summed E-state index contributed by atoms with van der Waals surface area (Å²) in [6.45, 7) is 1.55. The fourth-order valence-electron chi connectivity index (χ4n) is 3.69. The largest absolute Gasteiger partial charge is 0.497 e. The normalized spacial score (nSPS) is 13.1. The van der Waals surface area contributed by atoms with Crippen molar-refractivity contribution in [3.8, 4) is 5.75 Å². The van der Waals surface area contributed by atoms with Gasteiger partial charge in [0, 0.05) is 19.3 Å². The molecule has 2 heterocycles. The third-order valence-electron chi connectivity index (χ3n) is 5.28. The van der Waals surface area contributed by atoms with Gasteiger partial charge in [-0.25, -0.2) is 14.8 Å². The van der Waals surface area contributed by atoms with Crippen LogP contribution in [0.3, 0.4) is 0 Å². The maximum absolute atomic E-state index is 11.7. The average molecular weight is 389 g/mol. The lowest BCUT2D eigenvalue weighted by atomic mass is 10.0.